The Morgan fingerprint density at radius 1 is 1.26 bits per heavy atom. The minimum Gasteiger partial charge on any atom is -0.379 e. The fraction of sp³-hybridized carbons (Fsp3) is 0.368. The van der Waals surface area contributed by atoms with E-state index in [0.29, 0.717) is 18.9 Å². The number of thioether (sulfide) groups is 1. The number of aromatic amines is 1. The van der Waals surface area contributed by atoms with Gasteiger partial charge in [-0.2, -0.15) is 0 Å². The summed E-state index contributed by atoms with van der Waals surface area (Å²) >= 11 is 4.77. The lowest BCUT2D eigenvalue weighted by Crippen LogP contribution is -2.27. The number of hydrogen-bond donors (Lipinski definition) is 2. The van der Waals surface area contributed by atoms with Crippen molar-refractivity contribution in [3.05, 3.63) is 35.0 Å². The van der Waals surface area contributed by atoms with Crippen LogP contribution in [-0.2, 0) is 9.53 Å². The molecule has 0 bridgehead atoms. The molecule has 3 rings (SSSR count). The van der Waals surface area contributed by atoms with Gasteiger partial charge in [-0.25, -0.2) is 4.98 Å². The molecule has 0 radical (unpaired) electrons. The molecule has 8 heteroatoms. The van der Waals surface area contributed by atoms with Crippen molar-refractivity contribution in [3.8, 4) is 21.1 Å². The first kappa shape index (κ1) is 20.1. The largest absolute Gasteiger partial charge is 0.379 e. The van der Waals surface area contributed by atoms with Gasteiger partial charge in [-0.15, -0.1) is 22.7 Å². The summed E-state index contributed by atoms with van der Waals surface area (Å²) < 4.78 is 5.47. The molecule has 0 aliphatic heterocycles. The minimum atomic E-state index is 0.0105. The minimum absolute atomic E-state index is 0.0105. The van der Waals surface area contributed by atoms with Gasteiger partial charge in [-0.05, 0) is 43.2 Å². The van der Waals surface area contributed by atoms with Crippen LogP contribution in [0.25, 0.3) is 21.1 Å². The zero-order valence-corrected chi connectivity index (χ0v) is 17.8. The van der Waals surface area contributed by atoms with Crippen LogP contribution in [0.3, 0.4) is 0 Å². The van der Waals surface area contributed by atoms with E-state index in [0.717, 1.165) is 32.7 Å². The second kappa shape index (κ2) is 10.1. The van der Waals surface area contributed by atoms with E-state index >= 15 is 0 Å². The van der Waals surface area contributed by atoms with E-state index in [4.69, 9.17) is 9.72 Å². The van der Waals surface area contributed by atoms with Gasteiger partial charge in [0.15, 0.2) is 5.16 Å². The van der Waals surface area contributed by atoms with E-state index in [2.05, 4.69) is 27.8 Å². The number of amides is 1. The molecule has 0 aromatic carbocycles. The van der Waals surface area contributed by atoms with Crippen LogP contribution in [0.5, 0.6) is 0 Å². The molecular weight excluding hydrogens is 398 g/mol. The van der Waals surface area contributed by atoms with E-state index in [1.165, 1.54) is 11.8 Å². The van der Waals surface area contributed by atoms with Crippen molar-refractivity contribution < 1.29 is 9.53 Å². The maximum Gasteiger partial charge on any atom is 0.230 e. The van der Waals surface area contributed by atoms with Crippen molar-refractivity contribution in [1.29, 1.82) is 0 Å². The Morgan fingerprint density at radius 3 is 2.67 bits per heavy atom. The molecule has 0 atom stereocenters. The molecule has 2 N–H and O–H groups in total. The molecule has 27 heavy (non-hydrogen) atoms. The van der Waals surface area contributed by atoms with Crippen molar-refractivity contribution in [3.63, 3.8) is 0 Å². The van der Waals surface area contributed by atoms with Gasteiger partial charge in [0.2, 0.25) is 5.91 Å². The lowest BCUT2D eigenvalue weighted by atomic mass is 10.2. The first-order valence-electron chi connectivity index (χ1n) is 8.82. The van der Waals surface area contributed by atoms with Gasteiger partial charge < -0.3 is 15.0 Å². The summed E-state index contributed by atoms with van der Waals surface area (Å²) in [6.07, 6.45) is 1.05. The summed E-state index contributed by atoms with van der Waals surface area (Å²) in [6.45, 7) is 5.31. The fourth-order valence-corrected chi connectivity index (χ4v) is 4.56. The van der Waals surface area contributed by atoms with Crippen molar-refractivity contribution in [1.82, 2.24) is 15.3 Å². The number of carbonyl (C=O) groups is 1. The van der Waals surface area contributed by atoms with Crippen LogP contribution in [0.1, 0.15) is 20.3 Å². The SMILES string of the molecule is CC(C)OCCCNC(=O)CSc1nc(-c2cccs2)c(-c2cccs2)[nH]1. The highest BCUT2D eigenvalue weighted by atomic mass is 32.2. The first-order valence-corrected chi connectivity index (χ1v) is 11.6. The second-order valence-corrected chi connectivity index (χ2v) is 8.99. The van der Waals surface area contributed by atoms with Crippen LogP contribution < -0.4 is 5.32 Å². The average Bonchev–Trinajstić information content (AvgIpc) is 3.39. The van der Waals surface area contributed by atoms with Crippen molar-refractivity contribution in [2.24, 2.45) is 0 Å². The summed E-state index contributed by atoms with van der Waals surface area (Å²) in [6, 6.07) is 8.20. The maximum absolute atomic E-state index is 12.1. The second-order valence-electron chi connectivity index (χ2n) is 6.13. The number of imidazole rings is 1. The summed E-state index contributed by atoms with van der Waals surface area (Å²) in [5.74, 6) is 0.350. The molecule has 1 amide bonds. The van der Waals surface area contributed by atoms with Gasteiger partial charge in [-0.1, -0.05) is 23.9 Å². The molecule has 3 heterocycles. The van der Waals surface area contributed by atoms with E-state index in [1.807, 2.05) is 31.4 Å². The molecule has 0 aliphatic carbocycles. The third-order valence-corrected chi connectivity index (χ3v) is 6.28. The lowest BCUT2D eigenvalue weighted by Gasteiger charge is -2.07. The highest BCUT2D eigenvalue weighted by molar-refractivity contribution is 7.99. The molecule has 0 saturated heterocycles. The standard InChI is InChI=1S/C19H23N3O2S3/c1-13(2)24-9-5-8-20-16(23)12-27-19-21-17(14-6-3-10-25-14)18(22-19)15-7-4-11-26-15/h3-4,6-7,10-11,13H,5,8-9,12H2,1-2H3,(H,20,23)(H,21,22). The highest BCUT2D eigenvalue weighted by Gasteiger charge is 2.16. The monoisotopic (exact) mass is 421 g/mol. The van der Waals surface area contributed by atoms with Crippen LogP contribution in [0.2, 0.25) is 0 Å². The third-order valence-electron chi connectivity index (χ3n) is 3.64. The van der Waals surface area contributed by atoms with Crippen LogP contribution in [0.4, 0.5) is 0 Å². The fourth-order valence-electron chi connectivity index (χ4n) is 2.41. The summed E-state index contributed by atoms with van der Waals surface area (Å²) in [5.41, 5.74) is 1.96. The maximum atomic E-state index is 12.1. The lowest BCUT2D eigenvalue weighted by molar-refractivity contribution is -0.118. The number of nitrogens with one attached hydrogen (secondary N) is 2. The normalized spacial score (nSPS) is 11.2. The van der Waals surface area contributed by atoms with Gasteiger partial charge in [0.25, 0.3) is 0 Å². The summed E-state index contributed by atoms with van der Waals surface area (Å²) in [7, 11) is 0. The molecule has 0 aliphatic rings. The zero-order chi connectivity index (χ0) is 19.1. The van der Waals surface area contributed by atoms with Gasteiger partial charge in [0.05, 0.1) is 27.3 Å². The van der Waals surface area contributed by atoms with Gasteiger partial charge in [0, 0.05) is 13.2 Å². The molecule has 0 fully saturated rings. The number of thiophene rings is 2. The first-order chi connectivity index (χ1) is 13.1. The van der Waals surface area contributed by atoms with Crippen molar-refractivity contribution in [2.45, 2.75) is 31.5 Å². The van der Waals surface area contributed by atoms with E-state index in [-0.39, 0.29) is 12.0 Å². The Bertz CT molecular complexity index is 775. The van der Waals surface area contributed by atoms with Crippen molar-refractivity contribution >= 4 is 40.3 Å². The Labute approximate surface area is 171 Å². The summed E-state index contributed by atoms with van der Waals surface area (Å²) in [5, 5.41) is 7.79. The molecule has 3 aromatic rings. The van der Waals surface area contributed by atoms with E-state index < -0.39 is 0 Å². The van der Waals surface area contributed by atoms with E-state index in [9.17, 15) is 4.79 Å². The number of H-pyrrole nitrogens is 1. The zero-order valence-electron chi connectivity index (χ0n) is 15.4. The molecule has 144 valence electrons. The number of carbonyl (C=O) groups excluding carboxylic acids is 1. The predicted octanol–water partition coefficient (Wildman–Crippen LogP) is 4.89. The van der Waals surface area contributed by atoms with Gasteiger partial charge in [0.1, 0.15) is 5.69 Å². The highest BCUT2D eigenvalue weighted by Crippen LogP contribution is 2.36. The average molecular weight is 422 g/mol. The Balaban J connectivity index is 1.56. The van der Waals surface area contributed by atoms with Crippen molar-refractivity contribution in [2.75, 3.05) is 18.9 Å². The molecule has 0 unspecified atom stereocenters. The Kier molecular flexibility index (Phi) is 7.51. The van der Waals surface area contributed by atoms with Crippen LogP contribution >= 0.6 is 34.4 Å². The molecular formula is C19H23N3O2S3. The quantitative estimate of drug-likeness (QED) is 0.361. The number of hydrogen-bond acceptors (Lipinski definition) is 6. The predicted molar refractivity (Wildman–Crippen MR) is 115 cm³/mol. The van der Waals surface area contributed by atoms with Crippen LogP contribution in [0, 0.1) is 0 Å². The van der Waals surface area contributed by atoms with Crippen LogP contribution in [-0.4, -0.2) is 40.9 Å². The number of rotatable bonds is 10. The molecule has 0 spiro atoms. The molecule has 5 nitrogen and oxygen atoms in total. The number of nitrogens with zero attached hydrogens (tertiary/aromatic N) is 1. The number of ether oxygens (including phenoxy) is 1. The van der Waals surface area contributed by atoms with Gasteiger partial charge >= 0.3 is 0 Å². The molecule has 0 saturated carbocycles. The molecule has 3 aromatic heterocycles. The smallest absolute Gasteiger partial charge is 0.230 e. The topological polar surface area (TPSA) is 67.0 Å². The van der Waals surface area contributed by atoms with Gasteiger partial charge in [-0.3, -0.25) is 4.79 Å². The number of aromatic nitrogens is 2. The van der Waals surface area contributed by atoms with E-state index in [1.54, 1.807) is 22.7 Å². The summed E-state index contributed by atoms with van der Waals surface area (Å²) in [4.78, 5) is 22.4. The Hall–Kier alpha value is -1.61. The van der Waals surface area contributed by atoms with Crippen LogP contribution in [0.15, 0.2) is 40.2 Å². The third kappa shape index (κ3) is 5.93. The Morgan fingerprint density at radius 2 is 2.00 bits per heavy atom.